The molecular formula is C13H22N4OS. The lowest BCUT2D eigenvalue weighted by molar-refractivity contribution is 0.0935. The van der Waals surface area contributed by atoms with Gasteiger partial charge in [-0.1, -0.05) is 32.1 Å². The van der Waals surface area contributed by atoms with E-state index in [9.17, 15) is 4.79 Å². The van der Waals surface area contributed by atoms with Crippen LogP contribution in [0.3, 0.4) is 0 Å². The molecule has 0 radical (unpaired) electrons. The van der Waals surface area contributed by atoms with Crippen LogP contribution in [0.25, 0.3) is 0 Å². The summed E-state index contributed by atoms with van der Waals surface area (Å²) in [4.78, 5) is 12.1. The zero-order valence-corrected chi connectivity index (χ0v) is 12.6. The molecule has 1 fully saturated rings. The van der Waals surface area contributed by atoms with Crippen LogP contribution in [0.15, 0.2) is 0 Å². The number of carbonyl (C=O) groups excluding carboxylic acids is 1. The van der Waals surface area contributed by atoms with Gasteiger partial charge in [0, 0.05) is 12.6 Å². The van der Waals surface area contributed by atoms with Gasteiger partial charge in [-0.25, -0.2) is 0 Å². The van der Waals surface area contributed by atoms with Crippen LogP contribution in [0, 0.1) is 5.41 Å². The number of amides is 1. The first-order valence-corrected chi connectivity index (χ1v) is 7.70. The molecule has 6 heteroatoms. The zero-order chi connectivity index (χ0) is 13.9. The van der Waals surface area contributed by atoms with Crippen molar-refractivity contribution in [3.8, 4) is 0 Å². The standard InChI is InChI=1S/C13H22N4OS/c1-4-7-14-12-17-16-11(19-12)10(18)15-9-5-6-13(2,3)8-9/h9H,4-8H2,1-3H3,(H,14,17)(H,15,18). The second-order valence-electron chi connectivity index (χ2n) is 5.92. The molecule has 0 bridgehead atoms. The summed E-state index contributed by atoms with van der Waals surface area (Å²) < 4.78 is 0. The number of nitrogens with zero attached hydrogens (tertiary/aromatic N) is 2. The maximum absolute atomic E-state index is 12.1. The molecule has 1 aromatic heterocycles. The van der Waals surface area contributed by atoms with Crippen LogP contribution in [0.1, 0.15) is 56.3 Å². The second-order valence-corrected chi connectivity index (χ2v) is 6.89. The van der Waals surface area contributed by atoms with E-state index in [-0.39, 0.29) is 11.9 Å². The summed E-state index contributed by atoms with van der Waals surface area (Å²) in [6.45, 7) is 7.43. The highest BCUT2D eigenvalue weighted by molar-refractivity contribution is 7.17. The Morgan fingerprint density at radius 2 is 2.26 bits per heavy atom. The Bertz CT molecular complexity index is 444. The highest BCUT2D eigenvalue weighted by Gasteiger charge is 2.32. The summed E-state index contributed by atoms with van der Waals surface area (Å²) in [5.74, 6) is -0.0928. The molecule has 0 saturated heterocycles. The number of hydrogen-bond donors (Lipinski definition) is 2. The van der Waals surface area contributed by atoms with E-state index < -0.39 is 0 Å². The zero-order valence-electron chi connectivity index (χ0n) is 11.8. The number of nitrogens with one attached hydrogen (secondary N) is 2. The van der Waals surface area contributed by atoms with Gasteiger partial charge in [0.1, 0.15) is 0 Å². The molecule has 1 aliphatic carbocycles. The Morgan fingerprint density at radius 3 is 2.89 bits per heavy atom. The average Bonchev–Trinajstić information content (AvgIpc) is 2.93. The molecule has 1 aliphatic rings. The molecular weight excluding hydrogens is 260 g/mol. The van der Waals surface area contributed by atoms with E-state index in [1.54, 1.807) is 0 Å². The van der Waals surface area contributed by atoms with Crippen LogP contribution in [-0.2, 0) is 0 Å². The van der Waals surface area contributed by atoms with Crippen LogP contribution in [-0.4, -0.2) is 28.7 Å². The van der Waals surface area contributed by atoms with Gasteiger partial charge < -0.3 is 10.6 Å². The smallest absolute Gasteiger partial charge is 0.282 e. The molecule has 0 aromatic carbocycles. The quantitative estimate of drug-likeness (QED) is 0.871. The molecule has 1 unspecified atom stereocenters. The van der Waals surface area contributed by atoms with Gasteiger partial charge >= 0.3 is 0 Å². The first-order chi connectivity index (χ1) is 9.00. The highest BCUT2D eigenvalue weighted by Crippen LogP contribution is 2.37. The minimum Gasteiger partial charge on any atom is -0.360 e. The van der Waals surface area contributed by atoms with Gasteiger partial charge in [-0.3, -0.25) is 4.79 Å². The third-order valence-corrected chi connectivity index (χ3v) is 4.33. The van der Waals surface area contributed by atoms with E-state index >= 15 is 0 Å². The average molecular weight is 282 g/mol. The van der Waals surface area contributed by atoms with Crippen molar-refractivity contribution in [2.75, 3.05) is 11.9 Å². The van der Waals surface area contributed by atoms with Crippen molar-refractivity contribution >= 4 is 22.4 Å². The van der Waals surface area contributed by atoms with E-state index in [1.807, 2.05) is 0 Å². The summed E-state index contributed by atoms with van der Waals surface area (Å²) in [7, 11) is 0. The minimum absolute atomic E-state index is 0.0928. The molecule has 0 aliphatic heterocycles. The van der Waals surface area contributed by atoms with E-state index in [4.69, 9.17) is 0 Å². The molecule has 1 saturated carbocycles. The van der Waals surface area contributed by atoms with Crippen molar-refractivity contribution in [2.24, 2.45) is 5.41 Å². The van der Waals surface area contributed by atoms with Gasteiger partial charge in [-0.2, -0.15) is 0 Å². The Kier molecular flexibility index (Phi) is 4.39. The maximum atomic E-state index is 12.1. The molecule has 5 nitrogen and oxygen atoms in total. The fourth-order valence-corrected chi connectivity index (χ4v) is 3.10. The molecule has 2 N–H and O–H groups in total. The monoisotopic (exact) mass is 282 g/mol. The number of aromatic nitrogens is 2. The predicted octanol–water partition coefficient (Wildman–Crippen LogP) is 2.67. The lowest BCUT2D eigenvalue weighted by Gasteiger charge is -2.17. The fourth-order valence-electron chi connectivity index (χ4n) is 2.42. The fraction of sp³-hybridized carbons (Fsp3) is 0.769. The lowest BCUT2D eigenvalue weighted by atomic mass is 9.92. The molecule has 1 aromatic rings. The minimum atomic E-state index is -0.0928. The first kappa shape index (κ1) is 14.2. The van der Waals surface area contributed by atoms with Crippen LogP contribution < -0.4 is 10.6 Å². The molecule has 2 rings (SSSR count). The molecule has 1 amide bonds. The van der Waals surface area contributed by atoms with Crippen molar-refractivity contribution in [3.05, 3.63) is 5.01 Å². The van der Waals surface area contributed by atoms with Crippen LogP contribution in [0.5, 0.6) is 0 Å². The predicted molar refractivity (Wildman–Crippen MR) is 77.6 cm³/mol. The number of carbonyl (C=O) groups is 1. The van der Waals surface area contributed by atoms with Crippen molar-refractivity contribution in [3.63, 3.8) is 0 Å². The Labute approximate surface area is 118 Å². The van der Waals surface area contributed by atoms with Gasteiger partial charge in [0.05, 0.1) is 0 Å². The third kappa shape index (κ3) is 3.89. The number of hydrogen-bond acceptors (Lipinski definition) is 5. The van der Waals surface area contributed by atoms with E-state index in [1.165, 1.54) is 11.3 Å². The van der Waals surface area contributed by atoms with E-state index in [0.717, 1.165) is 37.4 Å². The Balaban J connectivity index is 1.88. The Morgan fingerprint density at radius 1 is 1.47 bits per heavy atom. The molecule has 1 atom stereocenters. The van der Waals surface area contributed by atoms with Crippen LogP contribution in [0.4, 0.5) is 5.13 Å². The molecule has 19 heavy (non-hydrogen) atoms. The third-order valence-electron chi connectivity index (χ3n) is 3.45. The van der Waals surface area contributed by atoms with Gasteiger partial charge in [0.25, 0.3) is 5.91 Å². The summed E-state index contributed by atoms with van der Waals surface area (Å²) in [6.07, 6.45) is 4.28. The molecule has 1 heterocycles. The molecule has 0 spiro atoms. The van der Waals surface area contributed by atoms with Gasteiger partial charge in [0.15, 0.2) is 0 Å². The number of rotatable bonds is 5. The topological polar surface area (TPSA) is 66.9 Å². The van der Waals surface area contributed by atoms with Crippen molar-refractivity contribution in [2.45, 2.75) is 52.5 Å². The summed E-state index contributed by atoms with van der Waals surface area (Å²) in [5, 5.41) is 15.3. The summed E-state index contributed by atoms with van der Waals surface area (Å²) in [6, 6.07) is 0.276. The Hall–Kier alpha value is -1.17. The van der Waals surface area contributed by atoms with Crippen LogP contribution >= 0.6 is 11.3 Å². The van der Waals surface area contributed by atoms with Crippen LogP contribution in [0.2, 0.25) is 0 Å². The molecule has 106 valence electrons. The second kappa shape index (κ2) is 5.86. The largest absolute Gasteiger partial charge is 0.360 e. The summed E-state index contributed by atoms with van der Waals surface area (Å²) >= 11 is 1.32. The van der Waals surface area contributed by atoms with E-state index in [2.05, 4.69) is 41.6 Å². The SMILES string of the molecule is CCCNc1nnc(C(=O)NC2CCC(C)(C)C2)s1. The number of anilines is 1. The van der Waals surface area contributed by atoms with Gasteiger partial charge in [0.2, 0.25) is 10.1 Å². The van der Waals surface area contributed by atoms with Gasteiger partial charge in [-0.15, -0.1) is 10.2 Å². The first-order valence-electron chi connectivity index (χ1n) is 6.88. The lowest BCUT2D eigenvalue weighted by Crippen LogP contribution is -2.33. The van der Waals surface area contributed by atoms with E-state index in [0.29, 0.717) is 10.4 Å². The highest BCUT2D eigenvalue weighted by atomic mass is 32.1. The van der Waals surface area contributed by atoms with Crippen molar-refractivity contribution < 1.29 is 4.79 Å². The van der Waals surface area contributed by atoms with Crippen molar-refractivity contribution in [1.82, 2.24) is 15.5 Å². The normalized spacial score (nSPS) is 21.3. The maximum Gasteiger partial charge on any atom is 0.282 e. The van der Waals surface area contributed by atoms with Gasteiger partial charge in [-0.05, 0) is 31.1 Å². The van der Waals surface area contributed by atoms with Crippen molar-refractivity contribution in [1.29, 1.82) is 0 Å². The summed E-state index contributed by atoms with van der Waals surface area (Å²) in [5.41, 5.74) is 0.340.